The van der Waals surface area contributed by atoms with Crippen molar-refractivity contribution in [3.8, 4) is 67.5 Å². The highest BCUT2D eigenvalue weighted by atomic mass is 32.1. The summed E-state index contributed by atoms with van der Waals surface area (Å²) in [5.41, 5.74) is 11.2. The van der Waals surface area contributed by atoms with Gasteiger partial charge in [-0.1, -0.05) is 158 Å². The number of hydrogen-bond donors (Lipinski definition) is 0. The predicted molar refractivity (Wildman–Crippen MR) is 233 cm³/mol. The number of nitrogens with zero attached hydrogens (tertiary/aromatic N) is 3. The van der Waals surface area contributed by atoms with Gasteiger partial charge in [-0.05, 0) is 58.1 Å². The first-order chi connectivity index (χ1) is 27.7. The van der Waals surface area contributed by atoms with Gasteiger partial charge in [-0.3, -0.25) is 0 Å². The SMILES string of the molecule is c1ccc(-c2nc(-c3ccccc3)nc(-c3cccc(-c4ccc(-c5ccc(-c6ccc7c(c6)sc6ccccc67)cc5)c5oc6ccccc6c45)c3)n2)cc1. The molecule has 0 aliphatic rings. The van der Waals surface area contributed by atoms with E-state index in [9.17, 15) is 0 Å². The van der Waals surface area contributed by atoms with Crippen LogP contribution in [0.5, 0.6) is 0 Å². The maximum atomic E-state index is 6.70. The van der Waals surface area contributed by atoms with E-state index in [1.54, 1.807) is 0 Å². The number of aromatic nitrogens is 3. The minimum absolute atomic E-state index is 0.621. The molecule has 0 fully saturated rings. The fraction of sp³-hybridized carbons (Fsp3) is 0. The van der Waals surface area contributed by atoms with Crippen LogP contribution in [0, 0.1) is 0 Å². The molecular weight excluding hydrogens is 703 g/mol. The molecule has 0 radical (unpaired) electrons. The van der Waals surface area contributed by atoms with Gasteiger partial charge < -0.3 is 4.42 Å². The first-order valence-electron chi connectivity index (χ1n) is 18.7. The summed E-state index contributed by atoms with van der Waals surface area (Å²) in [7, 11) is 0. The molecule has 3 heterocycles. The third-order valence-electron chi connectivity index (χ3n) is 10.6. The van der Waals surface area contributed by atoms with Crippen molar-refractivity contribution in [3.63, 3.8) is 0 Å². The molecule has 8 aromatic carbocycles. The van der Waals surface area contributed by atoms with Crippen LogP contribution in [0.25, 0.3) is 110 Å². The molecular formula is C51H31N3OS. The van der Waals surface area contributed by atoms with Crippen LogP contribution in [-0.4, -0.2) is 15.0 Å². The van der Waals surface area contributed by atoms with Crippen LogP contribution in [0.1, 0.15) is 0 Å². The van der Waals surface area contributed by atoms with Gasteiger partial charge in [0.2, 0.25) is 0 Å². The fourth-order valence-electron chi connectivity index (χ4n) is 7.81. The van der Waals surface area contributed by atoms with Crippen LogP contribution < -0.4 is 0 Å². The third kappa shape index (κ3) is 5.56. The van der Waals surface area contributed by atoms with E-state index in [2.05, 4.69) is 115 Å². The number of hydrogen-bond acceptors (Lipinski definition) is 5. The zero-order valence-corrected chi connectivity index (χ0v) is 30.9. The van der Waals surface area contributed by atoms with E-state index in [0.29, 0.717) is 17.5 Å². The predicted octanol–water partition coefficient (Wildman–Crippen LogP) is 14.1. The van der Waals surface area contributed by atoms with Crippen LogP contribution in [-0.2, 0) is 0 Å². The van der Waals surface area contributed by atoms with Gasteiger partial charge in [0.05, 0.1) is 0 Å². The Hall–Kier alpha value is -7.21. The first-order valence-corrected chi connectivity index (χ1v) is 19.5. The van der Waals surface area contributed by atoms with Crippen LogP contribution in [0.4, 0.5) is 0 Å². The van der Waals surface area contributed by atoms with Gasteiger partial charge in [-0.2, -0.15) is 0 Å². The van der Waals surface area contributed by atoms with E-state index in [-0.39, 0.29) is 0 Å². The molecule has 4 nitrogen and oxygen atoms in total. The highest BCUT2D eigenvalue weighted by molar-refractivity contribution is 7.25. The summed E-state index contributed by atoms with van der Waals surface area (Å²) >= 11 is 1.85. The molecule has 0 amide bonds. The van der Waals surface area contributed by atoms with Crippen LogP contribution in [0.3, 0.4) is 0 Å². The Morgan fingerprint density at radius 3 is 1.64 bits per heavy atom. The molecule has 11 rings (SSSR count). The number of fused-ring (bicyclic) bond motifs is 6. The molecule has 0 saturated carbocycles. The van der Waals surface area contributed by atoms with Gasteiger partial charge in [0.25, 0.3) is 0 Å². The van der Waals surface area contributed by atoms with Crippen molar-refractivity contribution in [2.75, 3.05) is 0 Å². The standard InChI is InChI=1S/C51H31N3OS/c1-3-12-34(13-4-1)49-52-50(35-14-5-2-6-15-35)54-51(53-49)38-17-11-16-37(30-38)39-28-29-40(48-47(39)43-19-7-9-20-44(43)55-48)33-24-22-32(23-25-33)36-26-27-42-41-18-8-10-21-45(41)56-46(42)31-36/h1-31H. The van der Waals surface area contributed by atoms with Crippen molar-refractivity contribution in [2.45, 2.75) is 0 Å². The summed E-state index contributed by atoms with van der Waals surface area (Å²) in [4.78, 5) is 14.9. The summed E-state index contributed by atoms with van der Waals surface area (Å²) in [5, 5.41) is 4.79. The van der Waals surface area contributed by atoms with Crippen molar-refractivity contribution in [2.24, 2.45) is 0 Å². The average Bonchev–Trinajstić information content (AvgIpc) is 3.85. The zero-order chi connectivity index (χ0) is 37.0. The lowest BCUT2D eigenvalue weighted by atomic mass is 9.93. The van der Waals surface area contributed by atoms with Crippen molar-refractivity contribution in [1.29, 1.82) is 0 Å². The summed E-state index contributed by atoms with van der Waals surface area (Å²) < 4.78 is 9.33. The monoisotopic (exact) mass is 733 g/mol. The normalized spacial score (nSPS) is 11.6. The second kappa shape index (κ2) is 13.3. The second-order valence-electron chi connectivity index (χ2n) is 14.0. The molecule has 0 N–H and O–H groups in total. The van der Waals surface area contributed by atoms with Crippen LogP contribution in [0.15, 0.2) is 192 Å². The maximum Gasteiger partial charge on any atom is 0.164 e. The summed E-state index contributed by atoms with van der Waals surface area (Å²) in [6, 6.07) is 65.7. The number of para-hydroxylation sites is 1. The van der Waals surface area contributed by atoms with E-state index in [4.69, 9.17) is 19.4 Å². The maximum absolute atomic E-state index is 6.70. The topological polar surface area (TPSA) is 51.8 Å². The molecule has 0 saturated heterocycles. The second-order valence-corrected chi connectivity index (χ2v) is 15.1. The Morgan fingerprint density at radius 1 is 0.339 bits per heavy atom. The highest BCUT2D eigenvalue weighted by Crippen LogP contribution is 2.43. The molecule has 5 heteroatoms. The van der Waals surface area contributed by atoms with Crippen LogP contribution >= 0.6 is 11.3 Å². The lowest BCUT2D eigenvalue weighted by Crippen LogP contribution is -2.00. The summed E-state index contributed by atoms with van der Waals surface area (Å²) in [5.74, 6) is 1.90. The van der Waals surface area contributed by atoms with Crippen molar-refractivity contribution in [3.05, 3.63) is 188 Å². The molecule has 0 spiro atoms. The van der Waals surface area contributed by atoms with Gasteiger partial charge in [0.1, 0.15) is 11.2 Å². The van der Waals surface area contributed by atoms with Gasteiger partial charge in [0.15, 0.2) is 17.5 Å². The highest BCUT2D eigenvalue weighted by Gasteiger charge is 2.19. The van der Waals surface area contributed by atoms with Gasteiger partial charge >= 0.3 is 0 Å². The molecule has 262 valence electrons. The fourth-order valence-corrected chi connectivity index (χ4v) is 8.95. The Balaban J connectivity index is 1.01. The molecule has 0 atom stereocenters. The van der Waals surface area contributed by atoms with Gasteiger partial charge in [-0.25, -0.2) is 15.0 Å². The molecule has 56 heavy (non-hydrogen) atoms. The van der Waals surface area contributed by atoms with E-state index >= 15 is 0 Å². The number of benzene rings is 8. The van der Waals surface area contributed by atoms with Gasteiger partial charge in [0, 0.05) is 53.2 Å². The Labute approximate surface area is 327 Å². The number of rotatable bonds is 6. The molecule has 0 bridgehead atoms. The Morgan fingerprint density at radius 2 is 0.893 bits per heavy atom. The first kappa shape index (κ1) is 32.2. The molecule has 0 aliphatic carbocycles. The Kier molecular flexibility index (Phi) is 7.64. The van der Waals surface area contributed by atoms with E-state index < -0.39 is 0 Å². The zero-order valence-electron chi connectivity index (χ0n) is 30.1. The van der Waals surface area contributed by atoms with Crippen molar-refractivity contribution in [1.82, 2.24) is 15.0 Å². The minimum atomic E-state index is 0.621. The largest absolute Gasteiger partial charge is 0.455 e. The minimum Gasteiger partial charge on any atom is -0.455 e. The molecule has 0 unspecified atom stereocenters. The number of furan rings is 1. The third-order valence-corrected chi connectivity index (χ3v) is 11.7. The lowest BCUT2D eigenvalue weighted by Gasteiger charge is -2.11. The summed E-state index contributed by atoms with van der Waals surface area (Å²) in [6.45, 7) is 0. The smallest absolute Gasteiger partial charge is 0.164 e. The van der Waals surface area contributed by atoms with Gasteiger partial charge in [-0.15, -0.1) is 11.3 Å². The average molecular weight is 734 g/mol. The van der Waals surface area contributed by atoms with Crippen molar-refractivity contribution < 1.29 is 4.42 Å². The number of thiophene rings is 1. The lowest BCUT2D eigenvalue weighted by molar-refractivity contribution is 0.670. The summed E-state index contributed by atoms with van der Waals surface area (Å²) in [6.07, 6.45) is 0. The molecule has 11 aromatic rings. The van der Waals surface area contributed by atoms with Crippen LogP contribution in [0.2, 0.25) is 0 Å². The Bertz CT molecular complexity index is 3180. The molecule has 0 aliphatic heterocycles. The molecule has 3 aromatic heterocycles. The van der Waals surface area contributed by atoms with E-state index in [0.717, 1.165) is 60.9 Å². The van der Waals surface area contributed by atoms with Crippen molar-refractivity contribution >= 4 is 53.4 Å². The van der Waals surface area contributed by atoms with E-state index in [1.807, 2.05) is 84.1 Å². The quantitative estimate of drug-likeness (QED) is 0.171. The van der Waals surface area contributed by atoms with E-state index in [1.165, 1.54) is 31.3 Å².